The fourth-order valence-electron chi connectivity index (χ4n) is 3.56. The van der Waals surface area contributed by atoms with Gasteiger partial charge in [0.2, 0.25) is 0 Å². The Balaban J connectivity index is 0.00000210. The van der Waals surface area contributed by atoms with Gasteiger partial charge in [0, 0.05) is 12.2 Å². The molecular weight excluding hydrogens is 384 g/mol. The van der Waals surface area contributed by atoms with Crippen LogP contribution in [-0.4, -0.2) is 20.6 Å². The Kier molecular flexibility index (Phi) is 5.43. The number of anilines is 1. The summed E-state index contributed by atoms with van der Waals surface area (Å²) in [7, 11) is -3.63. The van der Waals surface area contributed by atoms with Crippen molar-refractivity contribution in [2.75, 3.05) is 11.3 Å². The minimum atomic E-state index is -3.63. The van der Waals surface area contributed by atoms with Gasteiger partial charge in [-0.25, -0.2) is 8.42 Å². The van der Waals surface area contributed by atoms with Crippen LogP contribution in [0.5, 0.6) is 5.75 Å². The Hall–Kier alpha value is -1.76. The third kappa shape index (κ3) is 4.23. The molecule has 0 saturated heterocycles. The summed E-state index contributed by atoms with van der Waals surface area (Å²) in [6.45, 7) is 5.84. The Morgan fingerprint density at radius 2 is 1.85 bits per heavy atom. The molecule has 27 heavy (non-hydrogen) atoms. The Bertz CT molecular complexity index is 958. The van der Waals surface area contributed by atoms with Crippen LogP contribution in [0.25, 0.3) is 0 Å². The maximum atomic E-state index is 12.8. The molecule has 0 amide bonds. The number of rotatable bonds is 3. The molecule has 0 aliphatic carbocycles. The van der Waals surface area contributed by atoms with E-state index in [0.717, 1.165) is 49.2 Å². The third-order valence-electron chi connectivity index (χ3n) is 5.07. The lowest BCUT2D eigenvalue weighted by Gasteiger charge is -2.32. The van der Waals surface area contributed by atoms with Gasteiger partial charge in [0.15, 0.2) is 0 Å². The van der Waals surface area contributed by atoms with Gasteiger partial charge in [0.1, 0.15) is 11.4 Å². The number of nitrogens with one attached hydrogen (secondary N) is 2. The molecule has 0 bridgehead atoms. The van der Waals surface area contributed by atoms with Gasteiger partial charge in [-0.05, 0) is 86.7 Å². The smallest absolute Gasteiger partial charge is 0.261 e. The van der Waals surface area contributed by atoms with Crippen molar-refractivity contribution in [2.45, 2.75) is 50.2 Å². The Morgan fingerprint density at radius 1 is 1.04 bits per heavy atom. The molecule has 2 aromatic rings. The number of sulfonamides is 1. The molecule has 2 N–H and O–H groups in total. The molecule has 7 heteroatoms. The van der Waals surface area contributed by atoms with Gasteiger partial charge in [-0.1, -0.05) is 6.07 Å². The zero-order chi connectivity index (χ0) is 18.4. The van der Waals surface area contributed by atoms with Crippen molar-refractivity contribution in [2.24, 2.45) is 0 Å². The molecule has 2 heterocycles. The minimum Gasteiger partial charge on any atom is -0.488 e. The van der Waals surface area contributed by atoms with Crippen LogP contribution in [0.4, 0.5) is 5.69 Å². The zero-order valence-corrected chi connectivity index (χ0v) is 17.2. The molecule has 0 radical (unpaired) electrons. The number of aryl methyl sites for hydroxylation is 1. The highest BCUT2D eigenvalue weighted by atomic mass is 35.5. The van der Waals surface area contributed by atoms with Crippen LogP contribution in [0.1, 0.15) is 37.0 Å². The molecule has 2 aliphatic rings. The van der Waals surface area contributed by atoms with E-state index in [4.69, 9.17) is 4.74 Å². The molecule has 0 spiro atoms. The van der Waals surface area contributed by atoms with E-state index in [1.54, 1.807) is 18.2 Å². The molecular formula is C20H25ClN2O3S. The molecule has 5 nitrogen and oxygen atoms in total. The first-order chi connectivity index (χ1) is 12.3. The molecule has 146 valence electrons. The number of fused-ring (bicyclic) bond motifs is 2. The van der Waals surface area contributed by atoms with E-state index >= 15 is 0 Å². The van der Waals surface area contributed by atoms with Crippen LogP contribution in [-0.2, 0) is 29.4 Å². The van der Waals surface area contributed by atoms with Crippen LogP contribution in [0.15, 0.2) is 41.3 Å². The summed E-state index contributed by atoms with van der Waals surface area (Å²) in [6, 6.07) is 10.9. The fourth-order valence-corrected chi connectivity index (χ4v) is 4.66. The first kappa shape index (κ1) is 20.0. The van der Waals surface area contributed by atoms with Crippen molar-refractivity contribution in [1.82, 2.24) is 5.32 Å². The van der Waals surface area contributed by atoms with Crippen molar-refractivity contribution in [3.8, 4) is 5.75 Å². The highest BCUT2D eigenvalue weighted by Crippen LogP contribution is 2.34. The summed E-state index contributed by atoms with van der Waals surface area (Å²) in [5.41, 5.74) is 3.77. The highest BCUT2D eigenvalue weighted by molar-refractivity contribution is 7.92. The summed E-state index contributed by atoms with van der Waals surface area (Å²) in [5.74, 6) is 0.778. The summed E-state index contributed by atoms with van der Waals surface area (Å²) >= 11 is 0. The van der Waals surface area contributed by atoms with Gasteiger partial charge in [0.05, 0.1) is 4.90 Å². The van der Waals surface area contributed by atoms with Gasteiger partial charge in [0.25, 0.3) is 10.0 Å². The topological polar surface area (TPSA) is 67.4 Å². The molecule has 0 unspecified atom stereocenters. The number of hydrogen-bond donors (Lipinski definition) is 2. The standard InChI is InChI=1S/C20H24N2O3S.ClH/c1-20(2)9-7-15-12-18(5-6-19(15)25-20)26(23,24)22-17-4-3-14-8-10-21-13-16(14)11-17;/h3-6,11-12,21-22H,7-10,13H2,1-2H3;1H. The average Bonchev–Trinajstić information content (AvgIpc) is 2.60. The summed E-state index contributed by atoms with van der Waals surface area (Å²) < 4.78 is 34.3. The third-order valence-corrected chi connectivity index (χ3v) is 6.45. The predicted molar refractivity (Wildman–Crippen MR) is 109 cm³/mol. The van der Waals surface area contributed by atoms with Crippen molar-refractivity contribution in [1.29, 1.82) is 0 Å². The summed E-state index contributed by atoms with van der Waals surface area (Å²) in [6.07, 6.45) is 2.66. The van der Waals surface area contributed by atoms with Gasteiger partial charge in [-0.2, -0.15) is 0 Å². The highest BCUT2D eigenvalue weighted by Gasteiger charge is 2.28. The molecule has 2 aliphatic heterocycles. The van der Waals surface area contributed by atoms with Gasteiger partial charge in [-0.15, -0.1) is 12.4 Å². The Labute approximate surface area is 167 Å². The van der Waals surface area contributed by atoms with E-state index in [2.05, 4.69) is 10.0 Å². The van der Waals surface area contributed by atoms with E-state index in [9.17, 15) is 8.42 Å². The predicted octanol–water partition coefficient (Wildman–Crippen LogP) is 3.66. The molecule has 0 aromatic heterocycles. The second kappa shape index (κ2) is 7.34. The Morgan fingerprint density at radius 3 is 2.67 bits per heavy atom. The first-order valence-corrected chi connectivity index (χ1v) is 10.5. The normalized spacial score (nSPS) is 17.7. The van der Waals surface area contributed by atoms with Crippen LogP contribution in [0, 0.1) is 0 Å². The lowest BCUT2D eigenvalue weighted by molar-refractivity contribution is 0.0845. The minimum absolute atomic E-state index is 0. The van der Waals surface area contributed by atoms with Crippen LogP contribution in [0.2, 0.25) is 0 Å². The molecule has 0 saturated carbocycles. The maximum Gasteiger partial charge on any atom is 0.261 e. The zero-order valence-electron chi connectivity index (χ0n) is 15.5. The quantitative estimate of drug-likeness (QED) is 0.813. The average molecular weight is 409 g/mol. The fraction of sp³-hybridized carbons (Fsp3) is 0.400. The van der Waals surface area contributed by atoms with Crippen LogP contribution < -0.4 is 14.8 Å². The van der Waals surface area contributed by atoms with Crippen molar-refractivity contribution < 1.29 is 13.2 Å². The first-order valence-electron chi connectivity index (χ1n) is 9.00. The molecule has 4 rings (SSSR count). The monoisotopic (exact) mass is 408 g/mol. The van der Waals surface area contributed by atoms with Crippen molar-refractivity contribution >= 4 is 28.1 Å². The summed E-state index contributed by atoms with van der Waals surface area (Å²) in [5, 5.41) is 3.31. The number of halogens is 1. The van der Waals surface area contributed by atoms with Crippen molar-refractivity contribution in [3.05, 3.63) is 53.1 Å². The molecule has 0 fully saturated rings. The molecule has 0 atom stereocenters. The second-order valence-corrected chi connectivity index (χ2v) is 9.33. The molecule has 2 aromatic carbocycles. The van der Waals surface area contributed by atoms with Crippen LogP contribution >= 0.6 is 12.4 Å². The van der Waals surface area contributed by atoms with E-state index in [-0.39, 0.29) is 22.9 Å². The summed E-state index contributed by atoms with van der Waals surface area (Å²) in [4.78, 5) is 0.274. The second-order valence-electron chi connectivity index (χ2n) is 7.65. The van der Waals surface area contributed by atoms with E-state index < -0.39 is 10.0 Å². The maximum absolute atomic E-state index is 12.8. The number of benzene rings is 2. The largest absolute Gasteiger partial charge is 0.488 e. The van der Waals surface area contributed by atoms with Crippen molar-refractivity contribution in [3.63, 3.8) is 0 Å². The van der Waals surface area contributed by atoms with Gasteiger partial charge < -0.3 is 10.1 Å². The van der Waals surface area contributed by atoms with Crippen LogP contribution in [0.3, 0.4) is 0 Å². The lowest BCUT2D eigenvalue weighted by atomic mass is 9.94. The van der Waals surface area contributed by atoms with Gasteiger partial charge >= 0.3 is 0 Å². The van der Waals surface area contributed by atoms with E-state index in [1.807, 2.05) is 32.0 Å². The van der Waals surface area contributed by atoms with E-state index in [0.29, 0.717) is 5.69 Å². The number of ether oxygens (including phenoxy) is 1. The lowest BCUT2D eigenvalue weighted by Crippen LogP contribution is -2.32. The van der Waals surface area contributed by atoms with E-state index in [1.165, 1.54) is 5.56 Å². The number of hydrogen-bond acceptors (Lipinski definition) is 4. The van der Waals surface area contributed by atoms with Gasteiger partial charge in [-0.3, -0.25) is 4.72 Å². The SMILES string of the molecule is CC1(C)CCc2cc(S(=O)(=O)Nc3ccc4c(c3)CNCC4)ccc2O1.Cl.